The quantitative estimate of drug-likeness (QED) is 0.143. The third-order valence-corrected chi connectivity index (χ3v) is 8.64. The number of carbonyl (C=O) groups excluding carboxylic acids is 1. The molecule has 3 aromatic carbocycles. The summed E-state index contributed by atoms with van der Waals surface area (Å²) in [4.78, 5) is 26.2. The maximum atomic E-state index is 17.1. The second-order valence-electron chi connectivity index (χ2n) is 12.7. The van der Waals surface area contributed by atoms with Crippen LogP contribution in [0.3, 0.4) is 0 Å². The number of nitrogens with zero attached hydrogens (tertiary/aromatic N) is 4. The molecule has 2 aliphatic rings. The molecular weight excluding hydrogens is 599 g/mol. The van der Waals surface area contributed by atoms with E-state index in [2.05, 4.69) is 14.9 Å². The number of methoxy groups -OCH3 is 1. The summed E-state index contributed by atoms with van der Waals surface area (Å²) in [5.41, 5.74) is 0.750. The van der Waals surface area contributed by atoms with Gasteiger partial charge in [0.2, 0.25) is 5.28 Å². The van der Waals surface area contributed by atoms with Crippen LogP contribution in [0.15, 0.2) is 46.9 Å². The number of amides is 1. The molecule has 2 aromatic heterocycles. The Kier molecular flexibility index (Phi) is 7.24. The number of fused-ring (bicyclic) bond motifs is 6. The molecule has 7 rings (SSSR count). The summed E-state index contributed by atoms with van der Waals surface area (Å²) < 4.78 is 40.0. The highest BCUT2D eigenvalue weighted by atomic mass is 35.5. The molecule has 0 aliphatic carbocycles. The van der Waals surface area contributed by atoms with Gasteiger partial charge in [-0.2, -0.15) is 4.98 Å². The van der Waals surface area contributed by atoms with Crippen molar-refractivity contribution < 1.29 is 27.8 Å². The van der Waals surface area contributed by atoms with E-state index in [4.69, 9.17) is 30.2 Å². The van der Waals surface area contributed by atoms with Crippen molar-refractivity contribution in [3.63, 3.8) is 0 Å². The summed E-state index contributed by atoms with van der Waals surface area (Å²) in [6.07, 6.45) is 1.36. The number of anilines is 1. The third kappa shape index (κ3) is 5.19. The number of halogens is 2. The zero-order valence-corrected chi connectivity index (χ0v) is 26.6. The first-order valence-corrected chi connectivity index (χ1v) is 15.4. The first kappa shape index (κ1) is 29.6. The van der Waals surface area contributed by atoms with Crippen LogP contribution in [0.2, 0.25) is 5.28 Å². The number of rotatable bonds is 5. The zero-order chi connectivity index (χ0) is 31.6. The molecule has 2 bridgehead atoms. The maximum Gasteiger partial charge on any atom is 0.410 e. The van der Waals surface area contributed by atoms with E-state index in [0.29, 0.717) is 52.3 Å². The number of hydrogen-bond acceptors (Lipinski definition) is 8. The first-order chi connectivity index (χ1) is 21.5. The van der Waals surface area contributed by atoms with E-state index in [-0.39, 0.29) is 41.3 Å². The van der Waals surface area contributed by atoms with Gasteiger partial charge in [0, 0.05) is 25.6 Å². The highest BCUT2D eigenvalue weighted by Crippen LogP contribution is 2.46. The summed E-state index contributed by atoms with van der Waals surface area (Å²) in [5, 5.41) is 2.84. The van der Waals surface area contributed by atoms with Gasteiger partial charge in [-0.15, -0.1) is 0 Å². The van der Waals surface area contributed by atoms with Crippen molar-refractivity contribution in [2.75, 3.05) is 31.9 Å². The number of hydrogen-bond donors (Lipinski definition) is 0. The lowest BCUT2D eigenvalue weighted by Gasteiger charge is -2.42. The molecule has 9 nitrogen and oxygen atoms in total. The molecule has 2 saturated heterocycles. The molecule has 45 heavy (non-hydrogen) atoms. The van der Waals surface area contributed by atoms with Crippen molar-refractivity contribution in [2.45, 2.75) is 58.2 Å². The Morgan fingerprint density at radius 1 is 1.09 bits per heavy atom. The molecule has 0 N–H and O–H groups in total. The minimum atomic E-state index is -0.592. The topological polar surface area (TPSA) is 90.2 Å². The van der Waals surface area contributed by atoms with Crippen molar-refractivity contribution in [3.8, 4) is 16.9 Å². The van der Waals surface area contributed by atoms with Crippen molar-refractivity contribution in [3.05, 3.63) is 59.3 Å². The minimum Gasteiger partial charge on any atom is -0.468 e. The van der Waals surface area contributed by atoms with Gasteiger partial charge in [0.25, 0.3) is 0 Å². The number of benzene rings is 3. The van der Waals surface area contributed by atoms with Gasteiger partial charge >= 0.3 is 6.09 Å². The summed E-state index contributed by atoms with van der Waals surface area (Å²) in [6.45, 7) is 8.48. The summed E-state index contributed by atoms with van der Waals surface area (Å²) in [5.74, 6) is 1.09. The molecule has 1 amide bonds. The van der Waals surface area contributed by atoms with E-state index in [1.54, 1.807) is 13.2 Å². The van der Waals surface area contributed by atoms with Crippen LogP contribution in [0.5, 0.6) is 5.75 Å². The smallest absolute Gasteiger partial charge is 0.410 e. The molecule has 0 saturated carbocycles. The predicted octanol–water partition coefficient (Wildman–Crippen LogP) is 7.87. The third-order valence-electron chi connectivity index (χ3n) is 8.48. The normalized spacial score (nSPS) is 18.4. The molecule has 2 aliphatic heterocycles. The second kappa shape index (κ2) is 11.0. The van der Waals surface area contributed by atoms with Crippen LogP contribution < -0.4 is 9.64 Å². The fraction of sp³-hybridized carbons (Fsp3) is 0.382. The van der Waals surface area contributed by atoms with Crippen molar-refractivity contribution in [1.29, 1.82) is 0 Å². The van der Waals surface area contributed by atoms with E-state index < -0.39 is 11.4 Å². The fourth-order valence-corrected chi connectivity index (χ4v) is 6.96. The van der Waals surface area contributed by atoms with E-state index >= 15 is 4.39 Å². The number of aromatic nitrogens is 2. The monoisotopic (exact) mass is 632 g/mol. The van der Waals surface area contributed by atoms with E-state index in [1.165, 1.54) is 0 Å². The zero-order valence-electron chi connectivity index (χ0n) is 25.8. The molecule has 234 valence electrons. The first-order valence-electron chi connectivity index (χ1n) is 15.0. The largest absolute Gasteiger partial charge is 0.468 e. The van der Waals surface area contributed by atoms with Gasteiger partial charge in [-0.1, -0.05) is 24.3 Å². The van der Waals surface area contributed by atoms with Crippen LogP contribution >= 0.6 is 11.6 Å². The molecular formula is C34H34ClFN4O5. The Hall–Kier alpha value is -4.15. The van der Waals surface area contributed by atoms with Crippen LogP contribution in [0.25, 0.3) is 43.8 Å². The van der Waals surface area contributed by atoms with Gasteiger partial charge in [0.05, 0.1) is 23.0 Å². The minimum absolute atomic E-state index is 0.0443. The maximum absolute atomic E-state index is 17.1. The average Bonchev–Trinajstić information content (AvgIpc) is 3.50. The lowest BCUT2D eigenvalue weighted by atomic mass is 9.94. The van der Waals surface area contributed by atoms with Gasteiger partial charge < -0.3 is 23.5 Å². The van der Waals surface area contributed by atoms with Gasteiger partial charge in [0.1, 0.15) is 34.0 Å². The van der Waals surface area contributed by atoms with Crippen LogP contribution in [-0.4, -0.2) is 65.6 Å². The Bertz CT molecular complexity index is 1960. The van der Waals surface area contributed by atoms with Crippen LogP contribution in [0, 0.1) is 12.7 Å². The molecule has 11 heteroatoms. The number of piperazine rings is 1. The van der Waals surface area contributed by atoms with Crippen LogP contribution in [-0.2, 0) is 9.47 Å². The highest BCUT2D eigenvalue weighted by molar-refractivity contribution is 6.29. The van der Waals surface area contributed by atoms with Crippen molar-refractivity contribution in [2.24, 2.45) is 0 Å². The van der Waals surface area contributed by atoms with E-state index in [1.807, 2.05) is 69.0 Å². The average molecular weight is 633 g/mol. The van der Waals surface area contributed by atoms with E-state index in [9.17, 15) is 4.79 Å². The molecule has 0 unspecified atom stereocenters. The lowest BCUT2D eigenvalue weighted by Crippen LogP contribution is -2.57. The Morgan fingerprint density at radius 2 is 1.82 bits per heavy atom. The predicted molar refractivity (Wildman–Crippen MR) is 172 cm³/mol. The van der Waals surface area contributed by atoms with Crippen LogP contribution in [0.4, 0.5) is 15.0 Å². The lowest BCUT2D eigenvalue weighted by molar-refractivity contribution is 0.0123. The summed E-state index contributed by atoms with van der Waals surface area (Å²) in [7, 11) is 1.55. The molecule has 2 fully saturated rings. The molecule has 5 aromatic rings. The Morgan fingerprint density at radius 3 is 2.53 bits per heavy atom. The van der Waals surface area contributed by atoms with Crippen molar-refractivity contribution >= 4 is 56.2 Å². The fourth-order valence-electron chi connectivity index (χ4n) is 6.79. The Labute approximate surface area is 264 Å². The van der Waals surface area contributed by atoms with Crippen LogP contribution in [0.1, 0.15) is 39.4 Å². The van der Waals surface area contributed by atoms with E-state index in [0.717, 1.165) is 23.6 Å². The van der Waals surface area contributed by atoms with Gasteiger partial charge in [-0.3, -0.25) is 4.90 Å². The molecule has 0 spiro atoms. The Balaban J connectivity index is 1.40. The SMILES string of the molecule is COCOc1cc(-c2c(F)c3nc(Cl)nc(N4C[C@H]5CC[C@@H](C4)N5C(=O)OC(C)(C)C)c3c3cc(C)oc23)c2ccccc2c1. The van der Waals surface area contributed by atoms with Crippen molar-refractivity contribution in [1.82, 2.24) is 14.9 Å². The molecule has 2 atom stereocenters. The standard InChI is InChI=1S/C34H34ClFN4O5/c1-18-12-25-27-29(28(36)26(30(25)44-18)24-14-22(43-17-42-5)13-19-8-6-7-9-23(19)24)37-32(35)38-31(27)39-15-20-10-11-21(16-39)40(20)33(41)45-34(2,3)4/h6-9,12-14,20-21H,10-11,15-17H2,1-5H3/t20-,21+. The van der Waals surface area contributed by atoms with Gasteiger partial charge in [-0.05, 0) is 86.7 Å². The summed E-state index contributed by atoms with van der Waals surface area (Å²) in [6, 6.07) is 13.1. The molecule has 0 radical (unpaired) electrons. The number of carbonyl (C=O) groups is 1. The van der Waals surface area contributed by atoms with Gasteiger partial charge in [0.15, 0.2) is 12.6 Å². The number of ether oxygens (including phenoxy) is 3. The van der Waals surface area contributed by atoms with Gasteiger partial charge in [-0.25, -0.2) is 14.2 Å². The summed E-state index contributed by atoms with van der Waals surface area (Å²) >= 11 is 6.53. The number of furan rings is 1. The molecule has 4 heterocycles. The second-order valence-corrected chi connectivity index (χ2v) is 13.1. The highest BCUT2D eigenvalue weighted by Gasteiger charge is 2.45. The number of aryl methyl sites for hydroxylation is 1.